The highest BCUT2D eigenvalue weighted by Gasteiger charge is 2.31. The molecule has 1 saturated heterocycles. The minimum Gasteiger partial charge on any atom is -0.353 e. The first-order valence-corrected chi connectivity index (χ1v) is 8.96. The second-order valence-corrected chi connectivity index (χ2v) is 7.31. The van der Waals surface area contributed by atoms with Crippen LogP contribution in [0.5, 0.6) is 0 Å². The molecule has 0 radical (unpaired) electrons. The monoisotopic (exact) mass is 353 g/mol. The SMILES string of the molecule is Cc1cc(C)cc(NC(=O)CN(C)C2CN(c3cc(C)nc(C)n3)C2)c1. The number of nitrogens with zero attached hydrogens (tertiary/aromatic N) is 4. The lowest BCUT2D eigenvalue weighted by molar-refractivity contribution is -0.117. The normalized spacial score (nSPS) is 14.5. The van der Waals surface area contributed by atoms with Crippen LogP contribution in [-0.2, 0) is 4.79 Å². The number of benzene rings is 1. The number of nitrogens with one attached hydrogen (secondary N) is 1. The van der Waals surface area contributed by atoms with Crippen molar-refractivity contribution in [3.8, 4) is 0 Å². The van der Waals surface area contributed by atoms with Gasteiger partial charge in [-0.2, -0.15) is 0 Å². The average molecular weight is 353 g/mol. The predicted molar refractivity (Wildman–Crippen MR) is 105 cm³/mol. The van der Waals surface area contributed by atoms with E-state index in [1.807, 2.05) is 52.9 Å². The summed E-state index contributed by atoms with van der Waals surface area (Å²) in [6.07, 6.45) is 0. The summed E-state index contributed by atoms with van der Waals surface area (Å²) < 4.78 is 0. The van der Waals surface area contributed by atoms with E-state index in [9.17, 15) is 4.79 Å². The summed E-state index contributed by atoms with van der Waals surface area (Å²) in [4.78, 5) is 25.5. The molecule has 1 aromatic carbocycles. The van der Waals surface area contributed by atoms with Crippen molar-refractivity contribution < 1.29 is 4.79 Å². The number of amides is 1. The number of carbonyl (C=O) groups excluding carboxylic acids is 1. The van der Waals surface area contributed by atoms with Crippen molar-refractivity contribution in [1.82, 2.24) is 14.9 Å². The fraction of sp³-hybridized carbons (Fsp3) is 0.450. The molecule has 1 aromatic heterocycles. The lowest BCUT2D eigenvalue weighted by atomic mass is 10.1. The first-order valence-electron chi connectivity index (χ1n) is 8.96. The third kappa shape index (κ3) is 4.38. The number of likely N-dealkylation sites (N-methyl/N-ethyl adjacent to an activating group) is 1. The summed E-state index contributed by atoms with van der Waals surface area (Å²) in [5, 5.41) is 3.00. The average Bonchev–Trinajstić information content (AvgIpc) is 2.42. The fourth-order valence-corrected chi connectivity index (χ4v) is 3.38. The van der Waals surface area contributed by atoms with Gasteiger partial charge < -0.3 is 10.2 Å². The van der Waals surface area contributed by atoms with Gasteiger partial charge in [0.05, 0.1) is 6.54 Å². The zero-order chi connectivity index (χ0) is 18.8. The summed E-state index contributed by atoms with van der Waals surface area (Å²) in [6.45, 7) is 10.1. The number of aryl methyl sites for hydroxylation is 4. The molecule has 26 heavy (non-hydrogen) atoms. The van der Waals surface area contributed by atoms with Crippen molar-refractivity contribution in [2.75, 3.05) is 36.9 Å². The topological polar surface area (TPSA) is 61.4 Å². The van der Waals surface area contributed by atoms with Crippen LogP contribution in [0.25, 0.3) is 0 Å². The van der Waals surface area contributed by atoms with Gasteiger partial charge in [0, 0.05) is 36.6 Å². The van der Waals surface area contributed by atoms with Gasteiger partial charge in [-0.05, 0) is 58.0 Å². The molecule has 0 aliphatic carbocycles. The van der Waals surface area contributed by atoms with E-state index in [0.717, 1.165) is 47.2 Å². The van der Waals surface area contributed by atoms with Crippen molar-refractivity contribution in [1.29, 1.82) is 0 Å². The van der Waals surface area contributed by atoms with Crippen LogP contribution in [0.15, 0.2) is 24.3 Å². The molecule has 1 aliphatic heterocycles. The van der Waals surface area contributed by atoms with Crippen molar-refractivity contribution in [3.05, 3.63) is 46.9 Å². The van der Waals surface area contributed by atoms with Crippen LogP contribution in [0, 0.1) is 27.7 Å². The van der Waals surface area contributed by atoms with Crippen LogP contribution < -0.4 is 10.2 Å². The maximum absolute atomic E-state index is 12.3. The second-order valence-electron chi connectivity index (χ2n) is 7.31. The lowest BCUT2D eigenvalue weighted by Crippen LogP contribution is -2.59. The molecule has 138 valence electrons. The van der Waals surface area contributed by atoms with Crippen LogP contribution in [0.1, 0.15) is 22.6 Å². The van der Waals surface area contributed by atoms with E-state index in [2.05, 4.69) is 31.2 Å². The molecule has 6 heteroatoms. The van der Waals surface area contributed by atoms with Crippen molar-refractivity contribution >= 4 is 17.4 Å². The number of rotatable bonds is 5. The first-order chi connectivity index (χ1) is 12.3. The van der Waals surface area contributed by atoms with Gasteiger partial charge in [-0.3, -0.25) is 9.69 Å². The molecule has 1 aliphatic rings. The molecule has 1 amide bonds. The molecule has 1 fully saturated rings. The molecule has 0 unspecified atom stereocenters. The van der Waals surface area contributed by atoms with Crippen LogP contribution in [0.2, 0.25) is 0 Å². The van der Waals surface area contributed by atoms with Gasteiger partial charge in [0.1, 0.15) is 11.6 Å². The molecular weight excluding hydrogens is 326 g/mol. The molecule has 0 spiro atoms. The van der Waals surface area contributed by atoms with Gasteiger partial charge >= 0.3 is 0 Å². The Hall–Kier alpha value is -2.47. The van der Waals surface area contributed by atoms with E-state index in [1.165, 1.54) is 0 Å². The number of hydrogen-bond donors (Lipinski definition) is 1. The van der Waals surface area contributed by atoms with E-state index in [4.69, 9.17) is 0 Å². The van der Waals surface area contributed by atoms with Crippen LogP contribution in [-0.4, -0.2) is 53.5 Å². The van der Waals surface area contributed by atoms with Crippen LogP contribution in [0.4, 0.5) is 11.5 Å². The smallest absolute Gasteiger partial charge is 0.238 e. The molecule has 6 nitrogen and oxygen atoms in total. The number of anilines is 2. The molecule has 0 bridgehead atoms. The highest BCUT2D eigenvalue weighted by molar-refractivity contribution is 5.92. The largest absolute Gasteiger partial charge is 0.353 e. The van der Waals surface area contributed by atoms with Crippen molar-refractivity contribution in [2.24, 2.45) is 0 Å². The Morgan fingerprint density at radius 2 is 1.77 bits per heavy atom. The summed E-state index contributed by atoms with van der Waals surface area (Å²) >= 11 is 0. The van der Waals surface area contributed by atoms with E-state index in [-0.39, 0.29) is 5.91 Å². The molecule has 0 atom stereocenters. The van der Waals surface area contributed by atoms with Crippen molar-refractivity contribution in [3.63, 3.8) is 0 Å². The van der Waals surface area contributed by atoms with Gasteiger partial charge in [0.25, 0.3) is 0 Å². The molecule has 0 saturated carbocycles. The minimum absolute atomic E-state index is 0.0182. The van der Waals surface area contributed by atoms with Crippen LogP contribution >= 0.6 is 0 Å². The fourth-order valence-electron chi connectivity index (χ4n) is 3.38. The molecular formula is C20H27N5O. The molecule has 2 aromatic rings. The zero-order valence-corrected chi connectivity index (χ0v) is 16.2. The Kier molecular flexibility index (Phi) is 5.23. The summed E-state index contributed by atoms with van der Waals surface area (Å²) in [5.41, 5.74) is 4.15. The Morgan fingerprint density at radius 3 is 2.38 bits per heavy atom. The standard InChI is InChI=1S/C20H27N5O/c1-13-6-14(2)8-17(7-13)23-20(26)12-24(5)18-10-25(11-18)19-9-15(3)21-16(4)22-19/h6-9,18H,10-12H2,1-5H3,(H,23,26). The van der Waals surface area contributed by atoms with Gasteiger partial charge in [-0.1, -0.05) is 6.07 Å². The summed E-state index contributed by atoms with van der Waals surface area (Å²) in [7, 11) is 2.00. The Bertz CT molecular complexity index is 773. The van der Waals surface area contributed by atoms with Gasteiger partial charge in [0.2, 0.25) is 5.91 Å². The highest BCUT2D eigenvalue weighted by Crippen LogP contribution is 2.22. The third-order valence-corrected chi connectivity index (χ3v) is 4.66. The Balaban J connectivity index is 1.51. The van der Waals surface area contributed by atoms with E-state index < -0.39 is 0 Å². The quantitative estimate of drug-likeness (QED) is 0.895. The van der Waals surface area contributed by atoms with Crippen molar-refractivity contribution in [2.45, 2.75) is 33.7 Å². The van der Waals surface area contributed by atoms with Gasteiger partial charge in [-0.25, -0.2) is 9.97 Å². The first kappa shape index (κ1) is 18.3. The van der Waals surface area contributed by atoms with E-state index in [1.54, 1.807) is 0 Å². The Morgan fingerprint density at radius 1 is 1.12 bits per heavy atom. The third-order valence-electron chi connectivity index (χ3n) is 4.66. The Labute approximate surface area is 155 Å². The number of hydrogen-bond acceptors (Lipinski definition) is 5. The maximum atomic E-state index is 12.3. The highest BCUT2D eigenvalue weighted by atomic mass is 16.2. The minimum atomic E-state index is 0.0182. The maximum Gasteiger partial charge on any atom is 0.238 e. The van der Waals surface area contributed by atoms with Gasteiger partial charge in [0.15, 0.2) is 0 Å². The summed E-state index contributed by atoms with van der Waals surface area (Å²) in [5.74, 6) is 1.79. The van der Waals surface area contributed by atoms with Crippen LogP contribution in [0.3, 0.4) is 0 Å². The second kappa shape index (κ2) is 7.41. The lowest BCUT2D eigenvalue weighted by Gasteiger charge is -2.44. The van der Waals surface area contributed by atoms with E-state index in [0.29, 0.717) is 12.6 Å². The number of aromatic nitrogens is 2. The van der Waals surface area contributed by atoms with Gasteiger partial charge in [-0.15, -0.1) is 0 Å². The predicted octanol–water partition coefficient (Wildman–Crippen LogP) is 2.47. The van der Waals surface area contributed by atoms with E-state index >= 15 is 0 Å². The molecule has 3 rings (SSSR count). The molecule has 2 heterocycles. The summed E-state index contributed by atoms with van der Waals surface area (Å²) in [6, 6.07) is 8.46. The molecule has 1 N–H and O–H groups in total. The number of carbonyl (C=O) groups is 1. The zero-order valence-electron chi connectivity index (χ0n) is 16.2.